The van der Waals surface area contributed by atoms with Crippen LogP contribution in [-0.2, 0) is 27.2 Å². The van der Waals surface area contributed by atoms with Crippen LogP contribution in [0, 0.1) is 0 Å². The van der Waals surface area contributed by atoms with Crippen LogP contribution in [0.1, 0.15) is 27.2 Å². The molecule has 8 heteroatoms. The first kappa shape index (κ1) is 25.5. The first-order valence-corrected chi connectivity index (χ1v) is 12.3. The minimum absolute atomic E-state index is 0.379. The highest BCUT2D eigenvalue weighted by Gasteiger charge is 2.29. The Labute approximate surface area is 149 Å². The van der Waals surface area contributed by atoms with Gasteiger partial charge < -0.3 is 22.4 Å². The van der Waals surface area contributed by atoms with Crippen molar-refractivity contribution in [3.8, 4) is 0 Å². The van der Waals surface area contributed by atoms with Crippen molar-refractivity contribution in [3.63, 3.8) is 0 Å². The number of rotatable bonds is 12. The van der Waals surface area contributed by atoms with Gasteiger partial charge in [-0.05, 0) is 45.5 Å². The van der Waals surface area contributed by atoms with Gasteiger partial charge in [-0.25, -0.2) is 4.79 Å². The molecule has 0 aromatic heterocycles. The maximum absolute atomic E-state index is 10.8. The molecule has 0 radical (unpaired) electrons. The van der Waals surface area contributed by atoms with Gasteiger partial charge in [0, 0.05) is 33.5 Å². The number of carbonyl (C=O) groups is 1. The van der Waals surface area contributed by atoms with Crippen molar-refractivity contribution in [2.45, 2.75) is 39.8 Å². The summed E-state index contributed by atoms with van der Waals surface area (Å²) in [6, 6.07) is 0.832. The first-order chi connectivity index (χ1) is 11.4. The molecule has 142 valence electrons. The Hall–Kier alpha value is -0.776. The summed E-state index contributed by atoms with van der Waals surface area (Å²) in [5.41, 5.74) is 1.97. The van der Waals surface area contributed by atoms with Crippen molar-refractivity contribution >= 4 is 23.8 Å². The Morgan fingerprint density at radius 1 is 1.17 bits per heavy atom. The standard InChI is InChI=1S/C11H22O4Si.C5H12O2Si/c1-5-11(12)13-9-8-10-16(4,14-6-2)15-7-3;1-4-5-8(6-2)7-3/h5H,1,6-10H2,2-4H3;4-5,8H,1-3H3. The van der Waals surface area contributed by atoms with Gasteiger partial charge in [0.1, 0.15) is 0 Å². The molecule has 0 fully saturated rings. The molecule has 0 amide bonds. The lowest BCUT2D eigenvalue weighted by Crippen LogP contribution is -2.38. The zero-order chi connectivity index (χ0) is 18.8. The molecule has 0 aliphatic carbocycles. The predicted octanol–water partition coefficient (Wildman–Crippen LogP) is 2.87. The van der Waals surface area contributed by atoms with Gasteiger partial charge in [-0.2, -0.15) is 0 Å². The summed E-state index contributed by atoms with van der Waals surface area (Å²) in [5, 5.41) is 0. The zero-order valence-electron chi connectivity index (χ0n) is 16.0. The number of esters is 1. The van der Waals surface area contributed by atoms with Crippen LogP contribution in [0.5, 0.6) is 0 Å². The molecule has 0 aliphatic heterocycles. The van der Waals surface area contributed by atoms with Crippen LogP contribution < -0.4 is 0 Å². The summed E-state index contributed by atoms with van der Waals surface area (Å²) in [4.78, 5) is 10.8. The Morgan fingerprint density at radius 3 is 2.04 bits per heavy atom. The van der Waals surface area contributed by atoms with Crippen LogP contribution in [0.3, 0.4) is 0 Å². The normalized spacial score (nSPS) is 11.3. The summed E-state index contributed by atoms with van der Waals surface area (Å²) in [6.45, 7) is 13.0. The molecule has 0 aromatic carbocycles. The van der Waals surface area contributed by atoms with Crippen LogP contribution in [0.15, 0.2) is 24.4 Å². The zero-order valence-corrected chi connectivity index (χ0v) is 18.2. The molecule has 6 nitrogen and oxygen atoms in total. The average molecular weight is 379 g/mol. The van der Waals surface area contributed by atoms with Gasteiger partial charge in [0.15, 0.2) is 0 Å². The van der Waals surface area contributed by atoms with E-state index < -0.39 is 17.8 Å². The second-order valence-corrected chi connectivity index (χ2v) is 10.3. The van der Waals surface area contributed by atoms with Crippen LogP contribution >= 0.6 is 0 Å². The lowest BCUT2D eigenvalue weighted by atomic mass is 10.5. The maximum Gasteiger partial charge on any atom is 0.347 e. The van der Waals surface area contributed by atoms with Gasteiger partial charge in [0.2, 0.25) is 0 Å². The molecule has 0 heterocycles. The van der Waals surface area contributed by atoms with E-state index in [0.717, 1.165) is 12.5 Å². The predicted molar refractivity (Wildman–Crippen MR) is 101 cm³/mol. The second kappa shape index (κ2) is 17.1. The summed E-state index contributed by atoms with van der Waals surface area (Å²) in [7, 11) is -0.0873. The van der Waals surface area contributed by atoms with Gasteiger partial charge in [-0.3, -0.25) is 0 Å². The van der Waals surface area contributed by atoms with Crippen LogP contribution in [0.4, 0.5) is 0 Å². The Balaban J connectivity index is 0. The lowest BCUT2D eigenvalue weighted by Gasteiger charge is -2.25. The van der Waals surface area contributed by atoms with Crippen molar-refractivity contribution in [1.29, 1.82) is 0 Å². The summed E-state index contributed by atoms with van der Waals surface area (Å²) in [6.07, 6.45) is 3.88. The monoisotopic (exact) mass is 378 g/mol. The average Bonchev–Trinajstić information content (AvgIpc) is 2.57. The number of hydrogen-bond acceptors (Lipinski definition) is 6. The van der Waals surface area contributed by atoms with E-state index >= 15 is 0 Å². The van der Waals surface area contributed by atoms with E-state index in [2.05, 4.69) is 6.58 Å². The summed E-state index contributed by atoms with van der Waals surface area (Å²) >= 11 is 0. The number of carbonyl (C=O) groups excluding carboxylic acids is 1. The van der Waals surface area contributed by atoms with E-state index in [-0.39, 0.29) is 5.97 Å². The van der Waals surface area contributed by atoms with Gasteiger partial charge in [-0.1, -0.05) is 12.7 Å². The third-order valence-corrected chi connectivity index (χ3v) is 7.59. The van der Waals surface area contributed by atoms with Crippen LogP contribution in [0.2, 0.25) is 12.6 Å². The highest BCUT2D eigenvalue weighted by molar-refractivity contribution is 6.66. The maximum atomic E-state index is 10.8. The fourth-order valence-electron chi connectivity index (χ4n) is 1.83. The molecule has 0 aromatic rings. The minimum atomic E-state index is -2.05. The molecular formula is C16H34O6Si2. The first-order valence-electron chi connectivity index (χ1n) is 8.18. The Bertz CT molecular complexity index is 339. The van der Waals surface area contributed by atoms with Crippen molar-refractivity contribution in [3.05, 3.63) is 24.4 Å². The third kappa shape index (κ3) is 14.8. The highest BCUT2D eigenvalue weighted by atomic mass is 28.4. The molecule has 0 aliphatic rings. The molecule has 0 saturated heterocycles. The van der Waals surface area contributed by atoms with E-state index in [1.54, 1.807) is 14.2 Å². The molecule has 0 bridgehead atoms. The van der Waals surface area contributed by atoms with E-state index in [1.807, 2.05) is 39.1 Å². The molecule has 0 unspecified atom stereocenters. The molecule has 0 atom stereocenters. The molecule has 24 heavy (non-hydrogen) atoms. The van der Waals surface area contributed by atoms with E-state index in [0.29, 0.717) is 19.8 Å². The topological polar surface area (TPSA) is 63.2 Å². The highest BCUT2D eigenvalue weighted by Crippen LogP contribution is 2.15. The fourth-order valence-corrected chi connectivity index (χ4v) is 5.03. The van der Waals surface area contributed by atoms with Crippen molar-refractivity contribution in [2.75, 3.05) is 34.0 Å². The van der Waals surface area contributed by atoms with Crippen molar-refractivity contribution in [1.82, 2.24) is 0 Å². The second-order valence-electron chi connectivity index (χ2n) is 4.84. The van der Waals surface area contributed by atoms with Crippen LogP contribution in [0.25, 0.3) is 0 Å². The number of allylic oxidation sites excluding steroid dienone is 1. The molecule has 0 N–H and O–H groups in total. The van der Waals surface area contributed by atoms with Gasteiger partial charge in [-0.15, -0.1) is 0 Å². The number of ether oxygens (including phenoxy) is 1. The molecular weight excluding hydrogens is 344 g/mol. The Morgan fingerprint density at radius 2 is 1.71 bits per heavy atom. The number of hydrogen-bond donors (Lipinski definition) is 0. The largest absolute Gasteiger partial charge is 0.463 e. The molecule has 0 saturated carbocycles. The van der Waals surface area contributed by atoms with Crippen molar-refractivity contribution < 1.29 is 27.2 Å². The fraction of sp³-hybridized carbons (Fsp3) is 0.688. The van der Waals surface area contributed by atoms with E-state index in [4.69, 9.17) is 22.4 Å². The van der Waals surface area contributed by atoms with Gasteiger partial charge in [0.25, 0.3) is 0 Å². The SMILES string of the molecule is C=CC(=O)OCCC[Si](C)(OCC)OCC.CC=C[SiH](OC)OC. The van der Waals surface area contributed by atoms with Crippen LogP contribution in [-0.4, -0.2) is 57.9 Å². The summed E-state index contributed by atoms with van der Waals surface area (Å²) in [5.74, 6) is -0.379. The quantitative estimate of drug-likeness (QED) is 0.225. The summed E-state index contributed by atoms with van der Waals surface area (Å²) < 4.78 is 26.2. The smallest absolute Gasteiger partial charge is 0.347 e. The Kier molecular flexibility index (Phi) is 18.1. The van der Waals surface area contributed by atoms with Gasteiger partial charge in [0.05, 0.1) is 6.61 Å². The van der Waals surface area contributed by atoms with E-state index in [9.17, 15) is 4.79 Å². The van der Waals surface area contributed by atoms with Gasteiger partial charge >= 0.3 is 23.8 Å². The lowest BCUT2D eigenvalue weighted by molar-refractivity contribution is -0.137. The minimum Gasteiger partial charge on any atom is -0.463 e. The molecule has 0 rings (SSSR count). The third-order valence-electron chi connectivity index (χ3n) is 2.90. The van der Waals surface area contributed by atoms with E-state index in [1.165, 1.54) is 6.08 Å². The molecule has 0 spiro atoms. The van der Waals surface area contributed by atoms with Crippen molar-refractivity contribution in [2.24, 2.45) is 0 Å².